The Morgan fingerprint density at radius 2 is 1.64 bits per heavy atom. The van der Waals surface area contributed by atoms with Crippen LogP contribution in [0.25, 0.3) is 11.0 Å². The smallest absolute Gasteiger partial charge is 0.225 e. The molecule has 0 unspecified atom stereocenters. The monoisotopic (exact) mass is 298 g/mol. The van der Waals surface area contributed by atoms with Gasteiger partial charge in [0.25, 0.3) is 0 Å². The van der Waals surface area contributed by atoms with Gasteiger partial charge in [0, 0.05) is 32.1 Å². The van der Waals surface area contributed by atoms with E-state index in [9.17, 15) is 4.79 Å². The fourth-order valence-corrected chi connectivity index (χ4v) is 2.88. The SMILES string of the molecule is Cc1nc2ccccc2nc1N1CCN(C(=O)C(C)C)CC1. The largest absolute Gasteiger partial charge is 0.352 e. The van der Waals surface area contributed by atoms with Crippen LogP contribution in [0.1, 0.15) is 19.5 Å². The zero-order valence-electron chi connectivity index (χ0n) is 13.4. The number of carbonyl (C=O) groups is 1. The number of carbonyl (C=O) groups excluding carboxylic acids is 1. The van der Waals surface area contributed by atoms with Crippen molar-refractivity contribution in [3.05, 3.63) is 30.0 Å². The highest BCUT2D eigenvalue weighted by atomic mass is 16.2. The third-order valence-electron chi connectivity index (χ3n) is 4.10. The zero-order chi connectivity index (χ0) is 15.7. The third kappa shape index (κ3) is 2.75. The van der Waals surface area contributed by atoms with Gasteiger partial charge >= 0.3 is 0 Å². The zero-order valence-corrected chi connectivity index (χ0v) is 13.4. The number of fused-ring (bicyclic) bond motifs is 1. The first-order valence-electron chi connectivity index (χ1n) is 7.83. The number of hydrogen-bond donors (Lipinski definition) is 0. The van der Waals surface area contributed by atoms with Gasteiger partial charge in [-0.25, -0.2) is 9.97 Å². The molecule has 0 bridgehead atoms. The molecule has 1 aliphatic rings. The van der Waals surface area contributed by atoms with E-state index >= 15 is 0 Å². The molecule has 22 heavy (non-hydrogen) atoms. The molecule has 1 aliphatic heterocycles. The summed E-state index contributed by atoms with van der Waals surface area (Å²) in [6.45, 7) is 9.04. The minimum Gasteiger partial charge on any atom is -0.352 e. The van der Waals surface area contributed by atoms with Crippen LogP contribution in [0.4, 0.5) is 5.82 Å². The van der Waals surface area contributed by atoms with Crippen molar-refractivity contribution >= 4 is 22.8 Å². The number of amides is 1. The maximum absolute atomic E-state index is 12.1. The Hall–Kier alpha value is -2.17. The fourth-order valence-electron chi connectivity index (χ4n) is 2.88. The van der Waals surface area contributed by atoms with Gasteiger partial charge in [0.15, 0.2) is 5.82 Å². The lowest BCUT2D eigenvalue weighted by Crippen LogP contribution is -2.50. The predicted octanol–water partition coefficient (Wildman–Crippen LogP) is 2.24. The minimum atomic E-state index is 0.0637. The Balaban J connectivity index is 1.79. The molecule has 5 nitrogen and oxygen atoms in total. The number of para-hydroxylation sites is 2. The number of rotatable bonds is 2. The molecule has 0 N–H and O–H groups in total. The molecule has 116 valence electrons. The van der Waals surface area contributed by atoms with Crippen LogP contribution < -0.4 is 4.90 Å². The van der Waals surface area contributed by atoms with Crippen molar-refractivity contribution in [1.29, 1.82) is 0 Å². The summed E-state index contributed by atoms with van der Waals surface area (Å²) in [6, 6.07) is 7.93. The molecule has 5 heteroatoms. The Morgan fingerprint density at radius 3 is 2.23 bits per heavy atom. The molecular weight excluding hydrogens is 276 g/mol. The van der Waals surface area contributed by atoms with Crippen molar-refractivity contribution in [2.75, 3.05) is 31.1 Å². The summed E-state index contributed by atoms with van der Waals surface area (Å²) < 4.78 is 0. The van der Waals surface area contributed by atoms with Crippen molar-refractivity contribution in [1.82, 2.24) is 14.9 Å². The summed E-state index contributed by atoms with van der Waals surface area (Å²) in [4.78, 5) is 25.7. The Kier molecular flexibility index (Phi) is 3.96. The molecule has 1 aromatic carbocycles. The van der Waals surface area contributed by atoms with Crippen molar-refractivity contribution in [2.24, 2.45) is 5.92 Å². The summed E-state index contributed by atoms with van der Waals surface area (Å²) in [5.41, 5.74) is 2.79. The van der Waals surface area contributed by atoms with Gasteiger partial charge < -0.3 is 9.80 Å². The molecule has 1 amide bonds. The van der Waals surface area contributed by atoms with Crippen LogP contribution in [-0.4, -0.2) is 47.0 Å². The second-order valence-electron chi connectivity index (χ2n) is 6.09. The van der Waals surface area contributed by atoms with E-state index in [-0.39, 0.29) is 11.8 Å². The molecule has 2 aromatic rings. The Labute approximate surface area is 131 Å². The standard InChI is InChI=1S/C17H22N4O/c1-12(2)17(22)21-10-8-20(9-11-21)16-13(3)18-14-6-4-5-7-15(14)19-16/h4-7,12H,8-11H2,1-3H3. The van der Waals surface area contributed by atoms with Gasteiger partial charge in [0.1, 0.15) is 0 Å². The van der Waals surface area contributed by atoms with Crippen molar-refractivity contribution in [3.8, 4) is 0 Å². The number of nitrogens with zero attached hydrogens (tertiary/aromatic N) is 4. The van der Waals surface area contributed by atoms with Crippen LogP contribution in [0, 0.1) is 12.8 Å². The van der Waals surface area contributed by atoms with Crippen molar-refractivity contribution in [2.45, 2.75) is 20.8 Å². The summed E-state index contributed by atoms with van der Waals surface area (Å²) in [5.74, 6) is 1.24. The van der Waals surface area contributed by atoms with E-state index in [1.165, 1.54) is 0 Å². The minimum absolute atomic E-state index is 0.0637. The lowest BCUT2D eigenvalue weighted by Gasteiger charge is -2.36. The molecule has 1 saturated heterocycles. The number of anilines is 1. The topological polar surface area (TPSA) is 49.3 Å². The van der Waals surface area contributed by atoms with Crippen LogP contribution in [0.5, 0.6) is 0 Å². The van der Waals surface area contributed by atoms with Gasteiger partial charge in [-0.3, -0.25) is 4.79 Å². The fraction of sp³-hybridized carbons (Fsp3) is 0.471. The molecule has 0 aliphatic carbocycles. The molecule has 1 aromatic heterocycles. The van der Waals surface area contributed by atoms with E-state index in [4.69, 9.17) is 4.98 Å². The lowest BCUT2D eigenvalue weighted by atomic mass is 10.1. The van der Waals surface area contributed by atoms with Crippen LogP contribution in [0.2, 0.25) is 0 Å². The van der Waals surface area contributed by atoms with Crippen LogP contribution >= 0.6 is 0 Å². The molecule has 0 spiro atoms. The molecule has 2 heterocycles. The molecule has 1 fully saturated rings. The molecular formula is C17H22N4O. The normalized spacial score (nSPS) is 15.6. The highest BCUT2D eigenvalue weighted by Crippen LogP contribution is 2.21. The van der Waals surface area contributed by atoms with Gasteiger partial charge in [-0.1, -0.05) is 26.0 Å². The number of piperazine rings is 1. The van der Waals surface area contributed by atoms with Gasteiger partial charge in [-0.2, -0.15) is 0 Å². The second kappa shape index (κ2) is 5.91. The van der Waals surface area contributed by atoms with Gasteiger partial charge in [-0.05, 0) is 19.1 Å². The van der Waals surface area contributed by atoms with E-state index in [2.05, 4.69) is 9.88 Å². The first kappa shape index (κ1) is 14.8. The third-order valence-corrected chi connectivity index (χ3v) is 4.10. The highest BCUT2D eigenvalue weighted by molar-refractivity contribution is 5.79. The first-order valence-corrected chi connectivity index (χ1v) is 7.83. The van der Waals surface area contributed by atoms with Gasteiger partial charge in [0.05, 0.1) is 16.7 Å². The average molecular weight is 298 g/mol. The van der Waals surface area contributed by atoms with E-state index < -0.39 is 0 Å². The van der Waals surface area contributed by atoms with E-state index in [0.29, 0.717) is 0 Å². The summed E-state index contributed by atoms with van der Waals surface area (Å²) in [5, 5.41) is 0. The van der Waals surface area contributed by atoms with Crippen LogP contribution in [-0.2, 0) is 4.79 Å². The first-order chi connectivity index (χ1) is 10.6. The van der Waals surface area contributed by atoms with Crippen molar-refractivity contribution in [3.63, 3.8) is 0 Å². The molecule has 0 radical (unpaired) electrons. The van der Waals surface area contributed by atoms with E-state index in [0.717, 1.165) is 48.7 Å². The number of benzene rings is 1. The van der Waals surface area contributed by atoms with E-state index in [1.54, 1.807) is 0 Å². The van der Waals surface area contributed by atoms with Crippen molar-refractivity contribution < 1.29 is 4.79 Å². The lowest BCUT2D eigenvalue weighted by molar-refractivity contribution is -0.134. The van der Waals surface area contributed by atoms with Crippen LogP contribution in [0.15, 0.2) is 24.3 Å². The predicted molar refractivity (Wildman–Crippen MR) is 87.9 cm³/mol. The number of aryl methyl sites for hydroxylation is 1. The van der Waals surface area contributed by atoms with Gasteiger partial charge in [-0.15, -0.1) is 0 Å². The van der Waals surface area contributed by atoms with Crippen LogP contribution in [0.3, 0.4) is 0 Å². The number of aromatic nitrogens is 2. The maximum atomic E-state index is 12.1. The Morgan fingerprint density at radius 1 is 1.05 bits per heavy atom. The average Bonchev–Trinajstić information content (AvgIpc) is 2.53. The highest BCUT2D eigenvalue weighted by Gasteiger charge is 2.24. The molecule has 0 atom stereocenters. The van der Waals surface area contributed by atoms with Gasteiger partial charge in [0.2, 0.25) is 5.91 Å². The van der Waals surface area contributed by atoms with E-state index in [1.807, 2.05) is 49.9 Å². The second-order valence-corrected chi connectivity index (χ2v) is 6.09. The molecule has 0 saturated carbocycles. The quantitative estimate of drug-likeness (QED) is 0.853. The summed E-state index contributed by atoms with van der Waals surface area (Å²) in [7, 11) is 0. The molecule has 3 rings (SSSR count). The number of hydrogen-bond acceptors (Lipinski definition) is 4. The Bertz CT molecular complexity index is 690. The maximum Gasteiger partial charge on any atom is 0.225 e. The summed E-state index contributed by atoms with van der Waals surface area (Å²) in [6.07, 6.45) is 0. The summed E-state index contributed by atoms with van der Waals surface area (Å²) >= 11 is 0.